The van der Waals surface area contributed by atoms with E-state index in [1.807, 2.05) is 6.07 Å². The van der Waals surface area contributed by atoms with Crippen molar-refractivity contribution in [2.45, 2.75) is 24.3 Å². The Morgan fingerprint density at radius 2 is 2.08 bits per heavy atom. The number of benzene rings is 1. The summed E-state index contributed by atoms with van der Waals surface area (Å²) in [6.07, 6.45) is 0.896. The minimum absolute atomic E-state index is 0.134. The molecule has 4 nitrogen and oxygen atoms in total. The lowest BCUT2D eigenvalue weighted by atomic mass is 10.0. The van der Waals surface area contributed by atoms with E-state index in [0.29, 0.717) is 11.2 Å². The zero-order valence-corrected chi connectivity index (χ0v) is 15.1. The molecule has 1 aliphatic heterocycles. The first-order valence-electron chi connectivity index (χ1n) is 7.82. The van der Waals surface area contributed by atoms with Crippen LogP contribution in [0.2, 0.25) is 0 Å². The van der Waals surface area contributed by atoms with E-state index in [0.717, 1.165) is 36.4 Å². The second-order valence-corrected chi connectivity index (χ2v) is 8.20. The molecule has 1 atom stereocenters. The third-order valence-electron chi connectivity index (χ3n) is 4.41. The minimum atomic E-state index is -0.818. The van der Waals surface area contributed by atoms with E-state index in [-0.39, 0.29) is 5.56 Å². The molecule has 1 unspecified atom stereocenters. The van der Waals surface area contributed by atoms with Crippen molar-refractivity contribution in [1.29, 1.82) is 0 Å². The number of nitrogens with zero attached hydrogens (tertiary/aromatic N) is 1. The van der Waals surface area contributed by atoms with Crippen LogP contribution in [0.25, 0.3) is 10.2 Å². The third kappa shape index (κ3) is 2.97. The number of aromatic nitrogens is 2. The molecule has 1 aliphatic rings. The molecule has 3 heterocycles. The maximum absolute atomic E-state index is 12.4. The molecule has 0 saturated carbocycles. The summed E-state index contributed by atoms with van der Waals surface area (Å²) in [6, 6.07) is 10.5. The Balaban J connectivity index is 1.67. The summed E-state index contributed by atoms with van der Waals surface area (Å²) in [7, 11) is 0. The van der Waals surface area contributed by atoms with Crippen molar-refractivity contribution >= 4 is 44.8 Å². The van der Waals surface area contributed by atoms with E-state index in [1.54, 1.807) is 11.3 Å². The number of nitrogens with one attached hydrogen (secondary N) is 2. The zero-order chi connectivity index (χ0) is 16.7. The highest BCUT2D eigenvalue weighted by atomic mass is 35.5. The number of hydrogen-bond donors (Lipinski definition) is 2. The zero-order valence-electron chi connectivity index (χ0n) is 12.8. The Morgan fingerprint density at radius 3 is 2.83 bits per heavy atom. The van der Waals surface area contributed by atoms with Crippen molar-refractivity contribution < 1.29 is 4.90 Å². The molecule has 124 valence electrons. The fourth-order valence-corrected chi connectivity index (χ4v) is 4.80. The second kappa shape index (κ2) is 6.48. The molecule has 0 radical (unpaired) electrons. The Kier molecular flexibility index (Phi) is 4.35. The fraction of sp³-hybridized carbons (Fsp3) is 0.294. The number of quaternary nitrogens is 1. The van der Waals surface area contributed by atoms with E-state index < -0.39 is 4.84 Å². The minimum Gasteiger partial charge on any atom is -0.326 e. The maximum atomic E-state index is 12.4. The van der Waals surface area contributed by atoms with Gasteiger partial charge in [0.2, 0.25) is 0 Å². The Bertz CT molecular complexity index is 936. The molecule has 0 spiro atoms. The van der Waals surface area contributed by atoms with Gasteiger partial charge in [-0.1, -0.05) is 53.5 Å². The standard InChI is InChI=1S/C17H15Cl2N3OS/c18-14(19)15-20-16(23)13-11-6-7-22(8-10-4-2-1-3-5-10)9-12(11)24-17(13)21-15/h1-5,14H,6-9H2,(H,20,21,23)/p+1. The number of thiophene rings is 1. The molecule has 4 rings (SSSR count). The van der Waals surface area contributed by atoms with Crippen LogP contribution >= 0.6 is 34.5 Å². The van der Waals surface area contributed by atoms with Gasteiger partial charge in [0.05, 0.1) is 16.8 Å². The van der Waals surface area contributed by atoms with Gasteiger partial charge in [-0.25, -0.2) is 4.98 Å². The lowest BCUT2D eigenvalue weighted by molar-refractivity contribution is -0.929. The number of halogens is 2. The lowest BCUT2D eigenvalue weighted by Gasteiger charge is -2.23. The topological polar surface area (TPSA) is 50.2 Å². The van der Waals surface area contributed by atoms with Gasteiger partial charge in [0.15, 0.2) is 4.84 Å². The summed E-state index contributed by atoms with van der Waals surface area (Å²) in [5, 5.41) is 0.714. The first-order valence-corrected chi connectivity index (χ1v) is 9.51. The average Bonchev–Trinajstić information content (AvgIpc) is 2.93. The number of rotatable bonds is 3. The highest BCUT2D eigenvalue weighted by molar-refractivity contribution is 7.18. The summed E-state index contributed by atoms with van der Waals surface area (Å²) >= 11 is 13.3. The number of alkyl halides is 2. The van der Waals surface area contributed by atoms with Crippen LogP contribution < -0.4 is 10.5 Å². The van der Waals surface area contributed by atoms with Crippen LogP contribution in [0.1, 0.15) is 26.7 Å². The van der Waals surface area contributed by atoms with Crippen LogP contribution in [0, 0.1) is 0 Å². The highest BCUT2D eigenvalue weighted by Gasteiger charge is 2.26. The predicted molar refractivity (Wildman–Crippen MR) is 98.1 cm³/mol. The first kappa shape index (κ1) is 16.1. The molecule has 0 aliphatic carbocycles. The number of fused-ring (bicyclic) bond motifs is 3. The van der Waals surface area contributed by atoms with Crippen LogP contribution in [-0.4, -0.2) is 16.5 Å². The normalized spacial score (nSPS) is 17.4. The van der Waals surface area contributed by atoms with E-state index in [4.69, 9.17) is 23.2 Å². The van der Waals surface area contributed by atoms with Gasteiger partial charge < -0.3 is 9.88 Å². The number of hydrogen-bond acceptors (Lipinski definition) is 3. The molecule has 3 aromatic rings. The smallest absolute Gasteiger partial charge is 0.260 e. The van der Waals surface area contributed by atoms with Crippen molar-refractivity contribution in [2.24, 2.45) is 0 Å². The summed E-state index contributed by atoms with van der Waals surface area (Å²) in [6.45, 7) is 2.93. The highest BCUT2D eigenvalue weighted by Crippen LogP contribution is 2.30. The van der Waals surface area contributed by atoms with Crippen LogP contribution in [0.3, 0.4) is 0 Å². The van der Waals surface area contributed by atoms with Crippen LogP contribution in [0.15, 0.2) is 35.1 Å². The molecular formula is C17H16Cl2N3OS+. The summed E-state index contributed by atoms with van der Waals surface area (Å²) < 4.78 is 0. The monoisotopic (exact) mass is 380 g/mol. The Morgan fingerprint density at radius 1 is 1.29 bits per heavy atom. The van der Waals surface area contributed by atoms with Crippen LogP contribution in [-0.2, 0) is 19.5 Å². The lowest BCUT2D eigenvalue weighted by Crippen LogP contribution is -3.10. The van der Waals surface area contributed by atoms with Gasteiger partial charge in [0.25, 0.3) is 5.56 Å². The molecule has 1 aromatic carbocycles. The van der Waals surface area contributed by atoms with Gasteiger partial charge in [0.1, 0.15) is 23.7 Å². The van der Waals surface area contributed by atoms with E-state index >= 15 is 0 Å². The molecule has 0 amide bonds. The fourth-order valence-electron chi connectivity index (χ4n) is 3.29. The van der Waals surface area contributed by atoms with Crippen molar-refractivity contribution in [3.63, 3.8) is 0 Å². The summed E-state index contributed by atoms with van der Waals surface area (Å²) in [5.41, 5.74) is 2.35. The predicted octanol–water partition coefficient (Wildman–Crippen LogP) is 2.60. The van der Waals surface area contributed by atoms with Gasteiger partial charge in [-0.2, -0.15) is 0 Å². The quantitative estimate of drug-likeness (QED) is 0.686. The molecule has 0 fully saturated rings. The molecule has 0 saturated heterocycles. The SMILES string of the molecule is O=c1[nH]c(C(Cl)Cl)nc2sc3c(c12)CC[NH+](Cc1ccccc1)C3. The Hall–Kier alpha value is -1.40. The molecule has 0 bridgehead atoms. The van der Waals surface area contributed by atoms with Crippen molar-refractivity contribution in [3.8, 4) is 0 Å². The average molecular weight is 381 g/mol. The van der Waals surface area contributed by atoms with Gasteiger partial charge in [0, 0.05) is 12.0 Å². The van der Waals surface area contributed by atoms with E-state index in [1.165, 1.54) is 15.3 Å². The van der Waals surface area contributed by atoms with Gasteiger partial charge in [-0.05, 0) is 5.56 Å². The van der Waals surface area contributed by atoms with E-state index in [9.17, 15) is 4.79 Å². The van der Waals surface area contributed by atoms with Crippen molar-refractivity contribution in [2.75, 3.05) is 6.54 Å². The maximum Gasteiger partial charge on any atom is 0.260 e. The number of H-pyrrole nitrogens is 1. The molecular weight excluding hydrogens is 365 g/mol. The van der Waals surface area contributed by atoms with Crippen molar-refractivity contribution in [1.82, 2.24) is 9.97 Å². The summed E-state index contributed by atoms with van der Waals surface area (Å²) in [5.74, 6) is 0.322. The molecule has 24 heavy (non-hydrogen) atoms. The van der Waals surface area contributed by atoms with Crippen LogP contribution in [0.5, 0.6) is 0 Å². The van der Waals surface area contributed by atoms with Gasteiger partial charge in [-0.15, -0.1) is 11.3 Å². The molecule has 2 aromatic heterocycles. The first-order chi connectivity index (χ1) is 11.6. The number of aromatic amines is 1. The molecule has 2 N–H and O–H groups in total. The van der Waals surface area contributed by atoms with Crippen LogP contribution in [0.4, 0.5) is 0 Å². The van der Waals surface area contributed by atoms with Crippen molar-refractivity contribution in [3.05, 3.63) is 62.5 Å². The van der Waals surface area contributed by atoms with Gasteiger partial charge in [-0.3, -0.25) is 4.79 Å². The van der Waals surface area contributed by atoms with E-state index in [2.05, 4.69) is 34.2 Å². The molecule has 7 heteroatoms. The largest absolute Gasteiger partial charge is 0.326 e. The second-order valence-electron chi connectivity index (χ2n) is 6.02. The Labute approximate surface area is 153 Å². The van der Waals surface area contributed by atoms with Gasteiger partial charge >= 0.3 is 0 Å². The summed E-state index contributed by atoms with van der Waals surface area (Å²) in [4.78, 5) is 22.2. The third-order valence-corrected chi connectivity index (χ3v) is 5.94.